The number of rotatable bonds is 0. The van der Waals surface area contributed by atoms with Crippen molar-refractivity contribution in [2.75, 3.05) is 0 Å². The average molecular weight is 225 g/mol. The molecule has 0 aliphatic heterocycles. The molecule has 2 aromatic carbocycles. The summed E-state index contributed by atoms with van der Waals surface area (Å²) in [6.45, 7) is 0. The summed E-state index contributed by atoms with van der Waals surface area (Å²) in [5.41, 5.74) is 2.93. The van der Waals surface area contributed by atoms with E-state index in [1.807, 2.05) is 30.3 Å². The van der Waals surface area contributed by atoms with E-state index in [0.717, 1.165) is 21.8 Å². The minimum Gasteiger partial charge on any atom is -0.399 e. The smallest absolute Gasteiger partial charge is 0.150 e. The molecule has 0 atom stereocenters. The molecule has 17 heavy (non-hydrogen) atoms. The van der Waals surface area contributed by atoms with Gasteiger partial charge >= 0.3 is 0 Å². The van der Waals surface area contributed by atoms with E-state index >= 15 is 0 Å². The molecule has 82 valence electrons. The molecule has 5 nitrogen and oxygen atoms in total. The molecule has 1 N–H and O–H groups in total. The Morgan fingerprint density at radius 3 is 2.88 bits per heavy atom. The lowest BCUT2D eigenvalue weighted by Crippen LogP contribution is -1.84. The minimum atomic E-state index is 0.538. The van der Waals surface area contributed by atoms with Crippen molar-refractivity contribution in [3.05, 3.63) is 36.4 Å². The van der Waals surface area contributed by atoms with Gasteiger partial charge in [0.05, 0.1) is 11.0 Å². The van der Waals surface area contributed by atoms with Crippen LogP contribution in [0, 0.1) is 0 Å². The Kier molecular flexibility index (Phi) is 1.39. The molecule has 0 radical (unpaired) electrons. The summed E-state index contributed by atoms with van der Waals surface area (Å²) in [5.74, 6) is 0. The van der Waals surface area contributed by atoms with Crippen LogP contribution in [0.15, 0.2) is 41.0 Å². The SMILES string of the molecule is On1onc2c3c(ccc21)nc1ccccc13. The van der Waals surface area contributed by atoms with Crippen LogP contribution in [0.5, 0.6) is 0 Å². The van der Waals surface area contributed by atoms with Crippen LogP contribution >= 0.6 is 0 Å². The van der Waals surface area contributed by atoms with Gasteiger partial charge in [-0.3, -0.25) is 0 Å². The van der Waals surface area contributed by atoms with Crippen LogP contribution in [0.3, 0.4) is 0 Å². The van der Waals surface area contributed by atoms with Crippen LogP contribution < -0.4 is 0 Å². The maximum Gasteiger partial charge on any atom is 0.150 e. The first kappa shape index (κ1) is 8.58. The van der Waals surface area contributed by atoms with Crippen LogP contribution in [0.4, 0.5) is 0 Å². The van der Waals surface area contributed by atoms with Gasteiger partial charge in [0.15, 0.2) is 0 Å². The number of nitrogens with zero attached hydrogens (tertiary/aromatic N) is 3. The lowest BCUT2D eigenvalue weighted by molar-refractivity contribution is -0.00914. The number of hydrogen-bond acceptors (Lipinski definition) is 4. The van der Waals surface area contributed by atoms with E-state index < -0.39 is 0 Å². The summed E-state index contributed by atoms with van der Waals surface area (Å²) in [4.78, 5) is 5.17. The molecule has 0 bridgehead atoms. The zero-order chi connectivity index (χ0) is 11.4. The fourth-order valence-corrected chi connectivity index (χ4v) is 2.21. The highest BCUT2D eigenvalue weighted by atomic mass is 16.8. The zero-order valence-corrected chi connectivity index (χ0v) is 8.66. The third-order valence-electron chi connectivity index (χ3n) is 2.96. The molecule has 0 saturated carbocycles. The van der Waals surface area contributed by atoms with Gasteiger partial charge < -0.3 is 5.21 Å². The Labute approximate surface area is 94.8 Å². The van der Waals surface area contributed by atoms with E-state index in [-0.39, 0.29) is 0 Å². The van der Waals surface area contributed by atoms with Crippen molar-refractivity contribution in [1.82, 2.24) is 15.0 Å². The Morgan fingerprint density at radius 1 is 1.06 bits per heavy atom. The van der Waals surface area contributed by atoms with Crippen molar-refractivity contribution in [2.24, 2.45) is 0 Å². The molecule has 0 unspecified atom stereocenters. The molecular weight excluding hydrogens is 218 g/mol. The van der Waals surface area contributed by atoms with Crippen molar-refractivity contribution in [2.45, 2.75) is 0 Å². The van der Waals surface area contributed by atoms with Gasteiger partial charge in [-0.1, -0.05) is 18.2 Å². The van der Waals surface area contributed by atoms with E-state index in [1.165, 1.54) is 0 Å². The quantitative estimate of drug-likeness (QED) is 0.467. The Morgan fingerprint density at radius 2 is 1.94 bits per heavy atom. The molecule has 4 aromatic rings. The van der Waals surface area contributed by atoms with Crippen molar-refractivity contribution in [3.8, 4) is 0 Å². The Hall–Kier alpha value is -2.56. The lowest BCUT2D eigenvalue weighted by atomic mass is 10.1. The first-order valence-corrected chi connectivity index (χ1v) is 5.20. The summed E-state index contributed by atoms with van der Waals surface area (Å²) in [7, 11) is 0. The largest absolute Gasteiger partial charge is 0.399 e. The summed E-state index contributed by atoms with van der Waals surface area (Å²) < 4.78 is 4.74. The van der Waals surface area contributed by atoms with E-state index in [9.17, 15) is 5.21 Å². The van der Waals surface area contributed by atoms with Gasteiger partial charge in [0.25, 0.3) is 0 Å². The first-order chi connectivity index (χ1) is 8.34. The maximum absolute atomic E-state index is 9.45. The van der Waals surface area contributed by atoms with Crippen LogP contribution in [-0.4, -0.2) is 20.3 Å². The summed E-state index contributed by atoms with van der Waals surface area (Å²) in [5, 5.41) is 15.2. The van der Waals surface area contributed by atoms with Crippen LogP contribution in [-0.2, 0) is 0 Å². The van der Waals surface area contributed by atoms with Crippen LogP contribution in [0.2, 0.25) is 0 Å². The highest BCUT2D eigenvalue weighted by molar-refractivity contribution is 6.18. The van der Waals surface area contributed by atoms with E-state index in [4.69, 9.17) is 4.63 Å². The third-order valence-corrected chi connectivity index (χ3v) is 2.96. The van der Waals surface area contributed by atoms with Crippen molar-refractivity contribution in [1.29, 1.82) is 0 Å². The first-order valence-electron chi connectivity index (χ1n) is 5.20. The second kappa shape index (κ2) is 2.76. The van der Waals surface area contributed by atoms with Crippen LogP contribution in [0.25, 0.3) is 32.8 Å². The molecular formula is C12H7N3O2. The third kappa shape index (κ3) is 0.977. The predicted octanol–water partition coefficient (Wildman–Crippen LogP) is 2.57. The van der Waals surface area contributed by atoms with Gasteiger partial charge in [-0.2, -0.15) is 0 Å². The highest BCUT2D eigenvalue weighted by Gasteiger charge is 2.13. The fraction of sp³-hybridized carbons (Fsp3) is 0. The molecule has 5 heteroatoms. The number of benzene rings is 2. The predicted molar refractivity (Wildman–Crippen MR) is 62.0 cm³/mol. The second-order valence-corrected chi connectivity index (χ2v) is 3.90. The van der Waals surface area contributed by atoms with Crippen LogP contribution in [0.1, 0.15) is 0 Å². The van der Waals surface area contributed by atoms with E-state index in [0.29, 0.717) is 15.9 Å². The standard InChI is InChI=1S/C12H7N3O2/c16-15-10-6-5-9-11(12(10)14-17-15)7-3-1-2-4-8(7)13-9/h1-6,16H. The highest BCUT2D eigenvalue weighted by Crippen LogP contribution is 2.30. The maximum atomic E-state index is 9.45. The molecule has 0 fully saturated rings. The number of fused-ring (bicyclic) bond motifs is 5. The van der Waals surface area contributed by atoms with Gasteiger partial charge in [-0.15, -0.1) is 0 Å². The van der Waals surface area contributed by atoms with E-state index in [2.05, 4.69) is 10.1 Å². The fourth-order valence-electron chi connectivity index (χ4n) is 2.21. The molecule has 2 aromatic heterocycles. The van der Waals surface area contributed by atoms with Gasteiger partial charge in [-0.25, -0.2) is 9.61 Å². The zero-order valence-electron chi connectivity index (χ0n) is 8.66. The van der Waals surface area contributed by atoms with Gasteiger partial charge in [0.2, 0.25) is 0 Å². The Balaban J connectivity index is 2.38. The number of aromatic nitrogens is 3. The lowest BCUT2D eigenvalue weighted by Gasteiger charge is -1.91. The second-order valence-electron chi connectivity index (χ2n) is 3.90. The van der Waals surface area contributed by atoms with E-state index in [1.54, 1.807) is 6.07 Å². The Bertz CT molecular complexity index is 860. The molecule has 0 amide bonds. The monoisotopic (exact) mass is 225 g/mol. The molecule has 4 rings (SSSR count). The van der Waals surface area contributed by atoms with Gasteiger partial charge in [0, 0.05) is 10.8 Å². The average Bonchev–Trinajstić information content (AvgIpc) is 2.90. The van der Waals surface area contributed by atoms with Gasteiger partial charge in [-0.05, 0) is 28.3 Å². The van der Waals surface area contributed by atoms with Gasteiger partial charge in [0.1, 0.15) is 11.0 Å². The number of hydrogen-bond donors (Lipinski definition) is 1. The summed E-state index contributed by atoms with van der Waals surface area (Å²) >= 11 is 0. The molecule has 0 aliphatic rings. The van der Waals surface area contributed by atoms with Crippen molar-refractivity contribution < 1.29 is 9.84 Å². The topological polar surface area (TPSA) is 64.1 Å². The number of para-hydroxylation sites is 1. The summed E-state index contributed by atoms with van der Waals surface area (Å²) in [6.07, 6.45) is 0. The molecule has 0 aliphatic carbocycles. The molecule has 0 saturated heterocycles. The normalized spacial score (nSPS) is 11.8. The molecule has 2 heterocycles. The molecule has 0 spiro atoms. The minimum absolute atomic E-state index is 0.538. The summed E-state index contributed by atoms with van der Waals surface area (Å²) in [6, 6.07) is 11.4. The van der Waals surface area contributed by atoms with Crippen molar-refractivity contribution >= 4 is 32.8 Å². The van der Waals surface area contributed by atoms with Crippen molar-refractivity contribution in [3.63, 3.8) is 0 Å².